The van der Waals surface area contributed by atoms with E-state index in [0.717, 1.165) is 12.8 Å². The van der Waals surface area contributed by atoms with Crippen LogP contribution in [0.1, 0.15) is 43.2 Å². The van der Waals surface area contributed by atoms with E-state index in [9.17, 15) is 4.79 Å². The maximum absolute atomic E-state index is 12.9. The first-order chi connectivity index (χ1) is 10.1. The van der Waals surface area contributed by atoms with Crippen molar-refractivity contribution in [3.8, 4) is 11.8 Å². The van der Waals surface area contributed by atoms with Crippen molar-refractivity contribution < 1.29 is 5.11 Å². The minimum Gasteiger partial charge on any atom is -0.384 e. The van der Waals surface area contributed by atoms with Gasteiger partial charge in [0.1, 0.15) is 12.4 Å². The third-order valence-corrected chi connectivity index (χ3v) is 3.58. The Balaban J connectivity index is 2.36. The van der Waals surface area contributed by atoms with E-state index in [0.29, 0.717) is 22.3 Å². The second kappa shape index (κ2) is 5.32. The van der Waals surface area contributed by atoms with Crippen LogP contribution in [0.5, 0.6) is 0 Å². The van der Waals surface area contributed by atoms with Crippen molar-refractivity contribution in [1.29, 1.82) is 0 Å². The van der Waals surface area contributed by atoms with Crippen LogP contribution in [0.3, 0.4) is 0 Å². The molecule has 1 atom stereocenters. The Labute approximate surface area is 122 Å². The van der Waals surface area contributed by atoms with E-state index in [1.165, 1.54) is 0 Å². The fraction of sp³-hybridized carbons (Fsp3) is 0.375. The molecule has 1 aromatic heterocycles. The molecule has 3 N–H and O–H groups in total. The summed E-state index contributed by atoms with van der Waals surface area (Å²) in [6, 6.07) is 5.29. The van der Waals surface area contributed by atoms with Gasteiger partial charge in [0.2, 0.25) is 0 Å². The number of rotatable bonds is 2. The molecule has 0 amide bonds. The van der Waals surface area contributed by atoms with Crippen LogP contribution in [0.4, 0.5) is 0 Å². The maximum atomic E-state index is 12.9. The van der Waals surface area contributed by atoms with Crippen molar-refractivity contribution in [1.82, 2.24) is 9.55 Å². The third kappa shape index (κ3) is 2.44. The summed E-state index contributed by atoms with van der Waals surface area (Å²) in [5.41, 5.74) is 7.10. The smallest absolute Gasteiger partial charge is 0.262 e. The van der Waals surface area contributed by atoms with Gasteiger partial charge < -0.3 is 10.8 Å². The number of aromatic nitrogens is 2. The second-order valence-corrected chi connectivity index (χ2v) is 5.32. The Morgan fingerprint density at radius 3 is 2.90 bits per heavy atom. The zero-order chi connectivity index (χ0) is 15.0. The molecular weight excluding hydrogens is 266 g/mol. The van der Waals surface area contributed by atoms with E-state index in [-0.39, 0.29) is 24.2 Å². The minimum absolute atomic E-state index is 0.0855. The van der Waals surface area contributed by atoms with E-state index in [4.69, 9.17) is 10.8 Å². The van der Waals surface area contributed by atoms with E-state index < -0.39 is 0 Å². The van der Waals surface area contributed by atoms with Crippen LogP contribution >= 0.6 is 0 Å². The van der Waals surface area contributed by atoms with Gasteiger partial charge in [-0.2, -0.15) is 0 Å². The molecule has 0 bridgehead atoms. The maximum Gasteiger partial charge on any atom is 0.262 e. The van der Waals surface area contributed by atoms with Crippen LogP contribution in [-0.2, 0) is 0 Å². The van der Waals surface area contributed by atoms with Crippen molar-refractivity contribution in [2.75, 3.05) is 6.61 Å². The summed E-state index contributed by atoms with van der Waals surface area (Å²) in [6.45, 7) is 1.60. The molecule has 2 aromatic rings. The number of hydrogen-bond donors (Lipinski definition) is 2. The third-order valence-electron chi connectivity index (χ3n) is 3.58. The summed E-state index contributed by atoms with van der Waals surface area (Å²) in [7, 11) is 0. The highest BCUT2D eigenvalue weighted by atomic mass is 16.2. The molecule has 1 aliphatic rings. The first kappa shape index (κ1) is 13.8. The van der Waals surface area contributed by atoms with Gasteiger partial charge in [-0.3, -0.25) is 9.36 Å². The van der Waals surface area contributed by atoms with E-state index >= 15 is 0 Å². The van der Waals surface area contributed by atoms with Crippen molar-refractivity contribution in [2.45, 2.75) is 31.8 Å². The average molecular weight is 283 g/mol. The Morgan fingerprint density at radius 1 is 1.52 bits per heavy atom. The molecule has 108 valence electrons. The van der Waals surface area contributed by atoms with Gasteiger partial charge in [-0.05, 0) is 31.9 Å². The highest BCUT2D eigenvalue weighted by Gasteiger charge is 2.29. The Morgan fingerprint density at radius 2 is 2.29 bits per heavy atom. The lowest BCUT2D eigenvalue weighted by Gasteiger charge is -2.15. The van der Waals surface area contributed by atoms with E-state index in [2.05, 4.69) is 16.8 Å². The summed E-state index contributed by atoms with van der Waals surface area (Å²) in [5.74, 6) is 6.05. The summed E-state index contributed by atoms with van der Waals surface area (Å²) < 4.78 is 1.72. The molecule has 3 rings (SSSR count). The molecule has 0 unspecified atom stereocenters. The van der Waals surface area contributed by atoms with Crippen LogP contribution in [-0.4, -0.2) is 21.3 Å². The SMILES string of the molecule is C[C@H](N)c1nc2cccc(C#CCO)c2c(=O)n1C1CC1. The Hall–Kier alpha value is -2.16. The molecule has 1 aromatic carbocycles. The van der Waals surface area contributed by atoms with Gasteiger partial charge in [0.05, 0.1) is 16.9 Å². The summed E-state index contributed by atoms with van der Waals surface area (Å²) in [4.78, 5) is 17.4. The summed E-state index contributed by atoms with van der Waals surface area (Å²) >= 11 is 0. The highest BCUT2D eigenvalue weighted by Crippen LogP contribution is 2.35. The van der Waals surface area contributed by atoms with Gasteiger partial charge in [-0.1, -0.05) is 17.9 Å². The van der Waals surface area contributed by atoms with Gasteiger partial charge in [-0.15, -0.1) is 0 Å². The largest absolute Gasteiger partial charge is 0.384 e. The number of aliphatic hydroxyl groups is 1. The fourth-order valence-corrected chi connectivity index (χ4v) is 2.51. The second-order valence-electron chi connectivity index (χ2n) is 5.32. The van der Waals surface area contributed by atoms with Crippen LogP contribution in [0.15, 0.2) is 23.0 Å². The predicted octanol–water partition coefficient (Wildman–Crippen LogP) is 1.09. The molecular formula is C16H17N3O2. The molecule has 0 saturated heterocycles. The Bertz CT molecular complexity index is 808. The summed E-state index contributed by atoms with van der Waals surface area (Å²) in [6.07, 6.45) is 1.97. The first-order valence-electron chi connectivity index (χ1n) is 7.04. The lowest BCUT2D eigenvalue weighted by Crippen LogP contribution is -2.28. The van der Waals surface area contributed by atoms with Crippen LogP contribution in [0.25, 0.3) is 10.9 Å². The van der Waals surface area contributed by atoms with Crippen molar-refractivity contribution in [2.24, 2.45) is 5.73 Å². The van der Waals surface area contributed by atoms with Crippen LogP contribution < -0.4 is 11.3 Å². The molecule has 1 fully saturated rings. The minimum atomic E-state index is -0.296. The molecule has 1 aliphatic carbocycles. The van der Waals surface area contributed by atoms with Crippen molar-refractivity contribution in [3.63, 3.8) is 0 Å². The van der Waals surface area contributed by atoms with Gasteiger partial charge in [0.25, 0.3) is 5.56 Å². The van der Waals surface area contributed by atoms with Gasteiger partial charge in [0.15, 0.2) is 0 Å². The topological polar surface area (TPSA) is 81.1 Å². The number of nitrogens with two attached hydrogens (primary N) is 1. The highest BCUT2D eigenvalue weighted by molar-refractivity contribution is 5.84. The number of benzene rings is 1. The molecule has 1 heterocycles. The lowest BCUT2D eigenvalue weighted by atomic mass is 10.1. The Kier molecular flexibility index (Phi) is 3.50. The number of fused-ring (bicyclic) bond motifs is 1. The van der Waals surface area contributed by atoms with Gasteiger partial charge in [-0.25, -0.2) is 4.98 Å². The van der Waals surface area contributed by atoms with Crippen LogP contribution in [0.2, 0.25) is 0 Å². The first-order valence-corrected chi connectivity index (χ1v) is 7.04. The zero-order valence-corrected chi connectivity index (χ0v) is 11.8. The van der Waals surface area contributed by atoms with Crippen LogP contribution in [0, 0.1) is 11.8 Å². The monoisotopic (exact) mass is 283 g/mol. The van der Waals surface area contributed by atoms with E-state index in [1.54, 1.807) is 16.7 Å². The molecule has 1 saturated carbocycles. The van der Waals surface area contributed by atoms with Crippen molar-refractivity contribution in [3.05, 3.63) is 39.9 Å². The average Bonchev–Trinajstić information content (AvgIpc) is 3.28. The fourth-order valence-electron chi connectivity index (χ4n) is 2.51. The van der Waals surface area contributed by atoms with E-state index in [1.807, 2.05) is 13.0 Å². The molecule has 5 nitrogen and oxygen atoms in total. The van der Waals surface area contributed by atoms with Crippen molar-refractivity contribution >= 4 is 10.9 Å². The normalized spacial score (nSPS) is 15.6. The quantitative estimate of drug-likeness (QED) is 0.809. The molecule has 0 spiro atoms. The predicted molar refractivity (Wildman–Crippen MR) is 80.8 cm³/mol. The summed E-state index contributed by atoms with van der Waals surface area (Å²) in [5, 5.41) is 9.36. The molecule has 0 aliphatic heterocycles. The number of hydrogen-bond acceptors (Lipinski definition) is 4. The standard InChI is InChI=1S/C16H17N3O2/c1-10(17)15-18-13-6-2-4-11(5-3-9-20)14(13)16(21)19(15)12-7-8-12/h2,4,6,10,12,20H,7-9,17H2,1H3/t10-/m0/s1. The van der Waals surface area contributed by atoms with Gasteiger partial charge >= 0.3 is 0 Å². The number of nitrogens with zero attached hydrogens (tertiary/aromatic N) is 2. The molecule has 21 heavy (non-hydrogen) atoms. The van der Waals surface area contributed by atoms with Gasteiger partial charge in [0, 0.05) is 11.6 Å². The lowest BCUT2D eigenvalue weighted by molar-refractivity contribution is 0.350. The molecule has 5 heteroatoms. The zero-order valence-electron chi connectivity index (χ0n) is 11.8. The number of aliphatic hydroxyl groups excluding tert-OH is 1. The molecule has 0 radical (unpaired) electrons.